The predicted molar refractivity (Wildman–Crippen MR) is 119 cm³/mol. The van der Waals surface area contributed by atoms with E-state index in [2.05, 4.69) is 10.3 Å². The average molecular weight is 435 g/mol. The second kappa shape index (κ2) is 8.41. The molecule has 0 saturated heterocycles. The Labute approximate surface area is 181 Å². The van der Waals surface area contributed by atoms with E-state index in [-0.39, 0.29) is 16.9 Å². The minimum absolute atomic E-state index is 0.0849. The number of fused-ring (bicyclic) bond motifs is 1. The van der Waals surface area contributed by atoms with Gasteiger partial charge in [0.25, 0.3) is 11.6 Å². The SMILES string of the molecule is COc1cc(OC)cc(C(=O)Nc2ccc(-c3nc4ccccc4s3)cc2[N+](=O)[O-])c1. The van der Waals surface area contributed by atoms with Crippen LogP contribution in [0.15, 0.2) is 60.7 Å². The number of hydrogen-bond donors (Lipinski definition) is 1. The fourth-order valence-electron chi connectivity index (χ4n) is 3.05. The van der Waals surface area contributed by atoms with E-state index < -0.39 is 10.8 Å². The number of ether oxygens (including phenoxy) is 2. The number of nitro groups is 1. The molecule has 0 atom stereocenters. The lowest BCUT2D eigenvalue weighted by molar-refractivity contribution is -0.383. The van der Waals surface area contributed by atoms with E-state index in [0.29, 0.717) is 22.1 Å². The molecular weight excluding hydrogens is 418 g/mol. The Bertz CT molecular complexity index is 1250. The van der Waals surface area contributed by atoms with Gasteiger partial charge in [0.2, 0.25) is 0 Å². The second-order valence-electron chi connectivity index (χ2n) is 6.53. The lowest BCUT2D eigenvalue weighted by Crippen LogP contribution is -2.13. The Morgan fingerprint density at radius 2 is 1.74 bits per heavy atom. The standard InChI is InChI=1S/C22H17N3O5S/c1-29-15-9-14(10-16(12-15)30-2)21(26)23-17-8-7-13(11-19(17)25(27)28)22-24-18-5-3-4-6-20(18)31-22/h3-12H,1-2H3,(H,23,26). The number of nitro benzene ring substituents is 1. The fraction of sp³-hybridized carbons (Fsp3) is 0.0909. The Kier molecular flexibility index (Phi) is 5.50. The summed E-state index contributed by atoms with van der Waals surface area (Å²) in [6.07, 6.45) is 0. The molecule has 8 nitrogen and oxygen atoms in total. The molecule has 0 unspecified atom stereocenters. The summed E-state index contributed by atoms with van der Waals surface area (Å²) in [5, 5.41) is 15.0. The maximum atomic E-state index is 12.7. The van der Waals surface area contributed by atoms with E-state index >= 15 is 0 Å². The molecule has 0 bridgehead atoms. The number of nitrogens with zero attached hydrogens (tertiary/aromatic N) is 2. The third-order valence-corrected chi connectivity index (χ3v) is 5.68. The molecule has 31 heavy (non-hydrogen) atoms. The highest BCUT2D eigenvalue weighted by Gasteiger charge is 2.20. The molecule has 1 N–H and O–H groups in total. The number of benzene rings is 3. The van der Waals surface area contributed by atoms with Gasteiger partial charge in [-0.3, -0.25) is 14.9 Å². The van der Waals surface area contributed by atoms with Crippen molar-refractivity contribution < 1.29 is 19.2 Å². The van der Waals surface area contributed by atoms with Gasteiger partial charge in [-0.2, -0.15) is 0 Å². The number of amides is 1. The first-order valence-electron chi connectivity index (χ1n) is 9.17. The molecule has 9 heteroatoms. The van der Waals surface area contributed by atoms with E-state index in [1.807, 2.05) is 24.3 Å². The highest BCUT2D eigenvalue weighted by atomic mass is 32.1. The lowest BCUT2D eigenvalue weighted by atomic mass is 10.1. The van der Waals surface area contributed by atoms with Crippen molar-refractivity contribution in [3.8, 4) is 22.1 Å². The van der Waals surface area contributed by atoms with Crippen LogP contribution in [-0.2, 0) is 0 Å². The molecule has 4 aromatic rings. The minimum atomic E-state index is -0.529. The number of para-hydroxylation sites is 1. The summed E-state index contributed by atoms with van der Waals surface area (Å²) >= 11 is 1.45. The summed E-state index contributed by atoms with van der Waals surface area (Å²) in [6, 6.07) is 17.0. The molecule has 0 aliphatic carbocycles. The van der Waals surface area contributed by atoms with Crippen molar-refractivity contribution in [2.24, 2.45) is 0 Å². The third-order valence-electron chi connectivity index (χ3n) is 4.60. The van der Waals surface area contributed by atoms with E-state index in [1.54, 1.807) is 12.1 Å². The van der Waals surface area contributed by atoms with E-state index in [9.17, 15) is 14.9 Å². The van der Waals surface area contributed by atoms with Gasteiger partial charge in [-0.1, -0.05) is 12.1 Å². The maximum absolute atomic E-state index is 12.7. The first kappa shape index (κ1) is 20.3. The maximum Gasteiger partial charge on any atom is 0.293 e. The summed E-state index contributed by atoms with van der Waals surface area (Å²) in [4.78, 5) is 28.4. The Balaban J connectivity index is 1.67. The van der Waals surface area contributed by atoms with E-state index in [1.165, 1.54) is 49.8 Å². The van der Waals surface area contributed by atoms with Crippen molar-refractivity contribution >= 4 is 38.8 Å². The zero-order chi connectivity index (χ0) is 22.0. The zero-order valence-electron chi connectivity index (χ0n) is 16.6. The number of carbonyl (C=O) groups is 1. The van der Waals surface area contributed by atoms with Crippen molar-refractivity contribution in [1.82, 2.24) is 4.98 Å². The lowest BCUT2D eigenvalue weighted by Gasteiger charge is -2.10. The first-order valence-corrected chi connectivity index (χ1v) is 9.99. The molecular formula is C22H17N3O5S. The molecule has 156 valence electrons. The molecule has 1 heterocycles. The Hall–Kier alpha value is -3.98. The van der Waals surface area contributed by atoms with Crippen LogP contribution < -0.4 is 14.8 Å². The summed E-state index contributed by atoms with van der Waals surface area (Å²) in [5.41, 5.74) is 1.55. The number of hydrogen-bond acceptors (Lipinski definition) is 7. The molecule has 4 rings (SSSR count). The van der Waals surface area contributed by atoms with Gasteiger partial charge in [-0.05, 0) is 36.4 Å². The van der Waals surface area contributed by atoms with Crippen LogP contribution in [0.1, 0.15) is 10.4 Å². The fourth-order valence-corrected chi connectivity index (χ4v) is 4.01. The van der Waals surface area contributed by atoms with Crippen molar-refractivity contribution in [1.29, 1.82) is 0 Å². The van der Waals surface area contributed by atoms with Gasteiger partial charge in [-0.15, -0.1) is 11.3 Å². The predicted octanol–water partition coefficient (Wildman–Crippen LogP) is 5.14. The molecule has 0 aliphatic heterocycles. The number of thiazole rings is 1. The zero-order valence-corrected chi connectivity index (χ0v) is 17.4. The largest absolute Gasteiger partial charge is 0.497 e. The van der Waals surface area contributed by atoms with Crippen LogP contribution in [-0.4, -0.2) is 30.0 Å². The topological polar surface area (TPSA) is 104 Å². The van der Waals surface area contributed by atoms with Crippen molar-refractivity contribution in [2.45, 2.75) is 0 Å². The first-order chi connectivity index (χ1) is 15.0. The number of aromatic nitrogens is 1. The Morgan fingerprint density at radius 3 is 2.39 bits per heavy atom. The molecule has 0 fully saturated rings. The molecule has 3 aromatic carbocycles. The number of rotatable bonds is 6. The summed E-state index contributed by atoms with van der Waals surface area (Å²) in [7, 11) is 2.95. The average Bonchev–Trinajstić information content (AvgIpc) is 3.23. The normalized spacial score (nSPS) is 10.6. The van der Waals surface area contributed by atoms with Gasteiger partial charge in [0.15, 0.2) is 0 Å². The van der Waals surface area contributed by atoms with Crippen LogP contribution >= 0.6 is 11.3 Å². The Morgan fingerprint density at radius 1 is 1.03 bits per heavy atom. The number of methoxy groups -OCH3 is 2. The van der Waals surface area contributed by atoms with Crippen LogP contribution in [0.25, 0.3) is 20.8 Å². The van der Waals surface area contributed by atoms with Crippen molar-refractivity contribution in [3.63, 3.8) is 0 Å². The van der Waals surface area contributed by atoms with Crippen LogP contribution in [0.4, 0.5) is 11.4 Å². The minimum Gasteiger partial charge on any atom is -0.497 e. The van der Waals surface area contributed by atoms with E-state index in [4.69, 9.17) is 9.47 Å². The third kappa shape index (κ3) is 4.17. The van der Waals surface area contributed by atoms with Gasteiger partial charge in [-0.25, -0.2) is 4.98 Å². The van der Waals surface area contributed by atoms with Crippen LogP contribution in [0.3, 0.4) is 0 Å². The monoisotopic (exact) mass is 435 g/mol. The van der Waals surface area contributed by atoms with Gasteiger partial charge in [0.05, 0.1) is 29.4 Å². The summed E-state index contributed by atoms with van der Waals surface area (Å²) < 4.78 is 11.3. The quantitative estimate of drug-likeness (QED) is 0.332. The van der Waals surface area contributed by atoms with Crippen LogP contribution in [0.2, 0.25) is 0 Å². The molecule has 0 saturated carbocycles. The van der Waals surface area contributed by atoms with Gasteiger partial charge >= 0.3 is 0 Å². The smallest absolute Gasteiger partial charge is 0.293 e. The van der Waals surface area contributed by atoms with Gasteiger partial charge in [0, 0.05) is 23.3 Å². The summed E-state index contributed by atoms with van der Waals surface area (Å²) in [6.45, 7) is 0. The second-order valence-corrected chi connectivity index (χ2v) is 7.56. The van der Waals surface area contributed by atoms with Gasteiger partial charge in [0.1, 0.15) is 22.2 Å². The highest BCUT2D eigenvalue weighted by Crippen LogP contribution is 2.35. The molecule has 0 spiro atoms. The molecule has 1 amide bonds. The molecule has 0 aliphatic rings. The number of anilines is 1. The van der Waals surface area contributed by atoms with Gasteiger partial charge < -0.3 is 14.8 Å². The van der Waals surface area contributed by atoms with Crippen molar-refractivity contribution in [2.75, 3.05) is 19.5 Å². The number of carbonyl (C=O) groups excluding carboxylic acids is 1. The summed E-state index contributed by atoms with van der Waals surface area (Å²) in [5.74, 6) is 0.350. The van der Waals surface area contributed by atoms with Crippen molar-refractivity contribution in [3.05, 3.63) is 76.3 Å². The van der Waals surface area contributed by atoms with Crippen LogP contribution in [0.5, 0.6) is 11.5 Å². The van der Waals surface area contributed by atoms with Crippen LogP contribution in [0, 0.1) is 10.1 Å². The molecule has 1 aromatic heterocycles. The number of nitrogens with one attached hydrogen (secondary N) is 1. The highest BCUT2D eigenvalue weighted by molar-refractivity contribution is 7.21. The molecule has 0 radical (unpaired) electrons. The van der Waals surface area contributed by atoms with E-state index in [0.717, 1.165) is 10.2 Å².